The highest BCUT2D eigenvalue weighted by Crippen LogP contribution is 2.55. The molecular formula is C30H21N3OS. The smallest absolute Gasteiger partial charge is 0.182 e. The van der Waals surface area contributed by atoms with E-state index in [1.165, 1.54) is 11.6 Å². The van der Waals surface area contributed by atoms with E-state index in [1.54, 1.807) is 6.08 Å². The average Bonchev–Trinajstić information content (AvgIpc) is 3.25. The van der Waals surface area contributed by atoms with E-state index >= 15 is 0 Å². The molecule has 0 saturated carbocycles. The lowest BCUT2D eigenvalue weighted by atomic mass is 9.79. The number of nitrogens with zero attached hydrogens (tertiary/aromatic N) is 3. The Kier molecular flexibility index (Phi) is 5.24. The third-order valence-electron chi connectivity index (χ3n) is 6.73. The van der Waals surface area contributed by atoms with Gasteiger partial charge in [0.15, 0.2) is 11.4 Å². The molecule has 168 valence electrons. The number of hydrogen-bond donors (Lipinski definition) is 0. The number of rotatable bonds is 4. The fourth-order valence-corrected chi connectivity index (χ4v) is 5.79. The van der Waals surface area contributed by atoms with E-state index in [0.717, 1.165) is 34.3 Å². The van der Waals surface area contributed by atoms with Crippen molar-refractivity contribution in [3.63, 3.8) is 0 Å². The highest BCUT2D eigenvalue weighted by Gasteiger charge is 2.52. The zero-order valence-electron chi connectivity index (χ0n) is 18.8. The summed E-state index contributed by atoms with van der Waals surface area (Å²) in [5.74, 6) is -0.0159. The summed E-state index contributed by atoms with van der Waals surface area (Å²) in [6.07, 6.45) is 6.18. The molecule has 2 atom stereocenters. The lowest BCUT2D eigenvalue weighted by Crippen LogP contribution is -2.43. The molecule has 0 radical (unpaired) electrons. The molecule has 4 nitrogen and oxygen atoms in total. The van der Waals surface area contributed by atoms with Crippen molar-refractivity contribution in [2.45, 2.75) is 18.0 Å². The van der Waals surface area contributed by atoms with Crippen LogP contribution in [0, 0.1) is 10.7 Å². The maximum absolute atomic E-state index is 12.8. The van der Waals surface area contributed by atoms with Gasteiger partial charge < -0.3 is 4.90 Å². The summed E-state index contributed by atoms with van der Waals surface area (Å²) in [6, 6.07) is 31.0. The normalized spacial score (nSPS) is 22.8. The van der Waals surface area contributed by atoms with E-state index in [1.807, 2.05) is 42.5 Å². The number of ketones is 1. The van der Waals surface area contributed by atoms with Crippen molar-refractivity contribution in [3.8, 4) is 5.40 Å². The summed E-state index contributed by atoms with van der Waals surface area (Å²) in [4.78, 5) is 20.9. The van der Waals surface area contributed by atoms with Gasteiger partial charge in [-0.25, -0.2) is 4.99 Å². The Bertz CT molecular complexity index is 1470. The number of thioether (sulfide) groups is 1. The number of thiocyanates is 1. The van der Waals surface area contributed by atoms with Gasteiger partial charge in [-0.2, -0.15) is 5.26 Å². The highest BCUT2D eigenvalue weighted by atomic mass is 32.2. The monoisotopic (exact) mass is 471 g/mol. The second kappa shape index (κ2) is 8.57. The first kappa shape index (κ1) is 21.4. The number of allylic oxidation sites excluding steroid dienone is 4. The van der Waals surface area contributed by atoms with Crippen molar-refractivity contribution in [2.75, 3.05) is 0 Å². The van der Waals surface area contributed by atoms with Crippen LogP contribution in [-0.2, 0) is 10.5 Å². The first-order chi connectivity index (χ1) is 17.2. The Hall–Kier alpha value is -4.14. The molecule has 0 N–H and O–H groups in total. The van der Waals surface area contributed by atoms with Crippen molar-refractivity contribution >= 4 is 29.0 Å². The van der Waals surface area contributed by atoms with Crippen LogP contribution in [0.4, 0.5) is 0 Å². The van der Waals surface area contributed by atoms with Crippen LogP contribution in [-0.4, -0.2) is 16.4 Å². The van der Waals surface area contributed by atoms with Crippen LogP contribution in [0.1, 0.15) is 29.0 Å². The van der Waals surface area contributed by atoms with Crippen molar-refractivity contribution in [2.24, 2.45) is 4.99 Å². The minimum Gasteiger partial charge on any atom is -0.310 e. The number of nitriles is 1. The molecule has 0 aromatic heterocycles. The Morgan fingerprint density at radius 3 is 2.23 bits per heavy atom. The van der Waals surface area contributed by atoms with E-state index in [4.69, 9.17) is 4.99 Å². The van der Waals surface area contributed by atoms with Crippen molar-refractivity contribution in [1.82, 2.24) is 4.90 Å². The summed E-state index contributed by atoms with van der Waals surface area (Å²) in [5, 5.41) is 11.6. The number of fused-ring (bicyclic) bond motifs is 3. The molecule has 0 amide bonds. The molecule has 0 spiro atoms. The SMILES string of the molecule is N#CSC1=CC(=O)C=C2C1=NC1(c3ccccc3)CC(c3ccccc3)C=C(c3ccccc3)N21. The van der Waals surface area contributed by atoms with E-state index in [0.29, 0.717) is 17.0 Å². The van der Waals surface area contributed by atoms with Crippen molar-refractivity contribution in [1.29, 1.82) is 5.26 Å². The molecule has 3 aromatic carbocycles. The number of carbonyl (C=O) groups excluding carboxylic acids is 1. The predicted molar refractivity (Wildman–Crippen MR) is 140 cm³/mol. The van der Waals surface area contributed by atoms with Crippen LogP contribution in [0.5, 0.6) is 0 Å². The lowest BCUT2D eigenvalue weighted by molar-refractivity contribution is -0.110. The zero-order valence-corrected chi connectivity index (χ0v) is 19.7. The van der Waals surface area contributed by atoms with Gasteiger partial charge in [-0.1, -0.05) is 97.1 Å². The minimum absolute atomic E-state index is 0.111. The molecule has 5 heteroatoms. The van der Waals surface area contributed by atoms with Crippen LogP contribution < -0.4 is 0 Å². The van der Waals surface area contributed by atoms with E-state index < -0.39 is 5.66 Å². The van der Waals surface area contributed by atoms with Crippen LogP contribution in [0.3, 0.4) is 0 Å². The van der Waals surface area contributed by atoms with E-state index in [2.05, 4.69) is 64.9 Å². The molecule has 6 rings (SSSR count). The summed E-state index contributed by atoms with van der Waals surface area (Å²) in [6.45, 7) is 0. The number of hydrogen-bond acceptors (Lipinski definition) is 5. The van der Waals surface area contributed by atoms with Gasteiger partial charge >= 0.3 is 0 Å². The summed E-state index contributed by atoms with van der Waals surface area (Å²) in [5.41, 5.74) is 5.05. The van der Waals surface area contributed by atoms with Gasteiger partial charge in [0.05, 0.1) is 16.3 Å². The largest absolute Gasteiger partial charge is 0.310 e. The van der Waals surface area contributed by atoms with Gasteiger partial charge in [0, 0.05) is 35.8 Å². The molecular weight excluding hydrogens is 450 g/mol. The van der Waals surface area contributed by atoms with Gasteiger partial charge in [-0.15, -0.1) is 0 Å². The molecule has 0 bridgehead atoms. The second-order valence-corrected chi connectivity index (χ2v) is 9.58. The molecule has 3 aromatic rings. The molecule has 0 saturated heterocycles. The molecule has 2 unspecified atom stereocenters. The van der Waals surface area contributed by atoms with Gasteiger partial charge in [-0.05, 0) is 22.9 Å². The highest BCUT2D eigenvalue weighted by molar-refractivity contribution is 8.08. The van der Waals surface area contributed by atoms with Crippen molar-refractivity contribution in [3.05, 3.63) is 137 Å². The van der Waals surface area contributed by atoms with Crippen molar-refractivity contribution < 1.29 is 4.79 Å². The average molecular weight is 472 g/mol. The van der Waals surface area contributed by atoms with Crippen LogP contribution in [0.2, 0.25) is 0 Å². The molecule has 3 aliphatic rings. The maximum atomic E-state index is 12.8. The Balaban J connectivity index is 1.64. The Morgan fingerprint density at radius 1 is 0.886 bits per heavy atom. The minimum atomic E-state index is -0.747. The fraction of sp³-hybridized carbons (Fsp3) is 0.100. The Labute approximate surface area is 208 Å². The van der Waals surface area contributed by atoms with Gasteiger partial charge in [0.2, 0.25) is 0 Å². The molecule has 0 fully saturated rings. The van der Waals surface area contributed by atoms with E-state index in [-0.39, 0.29) is 11.7 Å². The third-order valence-corrected chi connectivity index (χ3v) is 7.35. The third kappa shape index (κ3) is 3.54. The molecule has 2 aliphatic heterocycles. The second-order valence-electron chi connectivity index (χ2n) is 8.75. The van der Waals surface area contributed by atoms with Crippen LogP contribution in [0.25, 0.3) is 5.70 Å². The molecule has 35 heavy (non-hydrogen) atoms. The van der Waals surface area contributed by atoms with E-state index in [9.17, 15) is 10.1 Å². The topological polar surface area (TPSA) is 56.5 Å². The standard InChI is InChI=1S/C30H21N3OS/c31-20-35-28-18-25(34)17-27-29(28)32-30(24-14-8-3-9-15-24)19-23(21-10-4-1-5-11-21)16-26(33(27)30)22-12-6-2-7-13-22/h1-18,23H,19H2. The quantitative estimate of drug-likeness (QED) is 0.327. The first-order valence-electron chi connectivity index (χ1n) is 11.5. The summed E-state index contributed by atoms with van der Waals surface area (Å²) in [7, 11) is 0. The fourth-order valence-electron chi connectivity index (χ4n) is 5.27. The Morgan fingerprint density at radius 2 is 1.54 bits per heavy atom. The molecule has 2 heterocycles. The predicted octanol–water partition coefficient (Wildman–Crippen LogP) is 6.39. The lowest BCUT2D eigenvalue weighted by Gasteiger charge is -2.45. The van der Waals surface area contributed by atoms with Gasteiger partial charge in [0.25, 0.3) is 0 Å². The number of aliphatic imine (C=N–C) groups is 1. The number of carbonyl (C=O) groups is 1. The zero-order chi connectivity index (χ0) is 23.8. The van der Waals surface area contributed by atoms with Gasteiger partial charge in [-0.3, -0.25) is 4.79 Å². The summed E-state index contributed by atoms with van der Waals surface area (Å²) >= 11 is 0.994. The number of benzene rings is 3. The van der Waals surface area contributed by atoms with Crippen LogP contribution >= 0.6 is 11.8 Å². The molecule has 1 aliphatic carbocycles. The van der Waals surface area contributed by atoms with Gasteiger partial charge in [0.1, 0.15) is 5.40 Å². The maximum Gasteiger partial charge on any atom is 0.182 e. The first-order valence-corrected chi connectivity index (χ1v) is 12.3. The summed E-state index contributed by atoms with van der Waals surface area (Å²) < 4.78 is 0. The van der Waals surface area contributed by atoms with Crippen LogP contribution in [0.15, 0.2) is 125 Å².